The van der Waals surface area contributed by atoms with E-state index in [9.17, 15) is 0 Å². The Labute approximate surface area is 101 Å². The van der Waals surface area contributed by atoms with Crippen LogP contribution in [0.15, 0.2) is 22.7 Å². The van der Waals surface area contributed by atoms with E-state index >= 15 is 0 Å². The first-order valence-electron chi connectivity index (χ1n) is 5.55. The first-order chi connectivity index (χ1) is 7.06. The zero-order chi connectivity index (χ0) is 11.4. The molecule has 0 saturated heterocycles. The Morgan fingerprint density at radius 1 is 1.33 bits per heavy atom. The predicted octanol–water partition coefficient (Wildman–Crippen LogP) is 4.06. The normalized spacial score (nSPS) is 13.2. The molecule has 15 heavy (non-hydrogen) atoms. The van der Waals surface area contributed by atoms with E-state index in [2.05, 4.69) is 67.1 Å². The van der Waals surface area contributed by atoms with E-state index in [1.54, 1.807) is 0 Å². The number of hydrogen-bond acceptors (Lipinski definition) is 1. The average molecular weight is 270 g/mol. The first-order valence-corrected chi connectivity index (χ1v) is 6.35. The third-order valence-electron chi connectivity index (χ3n) is 2.58. The molecule has 2 heteroatoms. The molecule has 1 aromatic rings. The molecule has 1 unspecified atom stereocenters. The Morgan fingerprint density at radius 2 is 2.00 bits per heavy atom. The second-order valence-electron chi connectivity index (χ2n) is 4.30. The van der Waals surface area contributed by atoms with Crippen LogP contribution in [0.4, 0.5) is 0 Å². The second kappa shape index (κ2) is 5.66. The molecule has 0 bridgehead atoms. The Bertz CT molecular complexity index is 320. The summed E-state index contributed by atoms with van der Waals surface area (Å²) in [6.45, 7) is 9.77. The molecule has 1 nitrogen and oxygen atoms in total. The molecule has 1 rings (SSSR count). The third kappa shape index (κ3) is 3.32. The fraction of sp³-hybridized carbons (Fsp3) is 0.538. The van der Waals surface area contributed by atoms with Crippen molar-refractivity contribution in [3.63, 3.8) is 0 Å². The van der Waals surface area contributed by atoms with E-state index in [1.807, 2.05) is 0 Å². The molecule has 0 aromatic heterocycles. The average Bonchev–Trinajstić information content (AvgIpc) is 2.15. The Morgan fingerprint density at radius 3 is 2.47 bits per heavy atom. The fourth-order valence-electron chi connectivity index (χ4n) is 1.81. The highest BCUT2D eigenvalue weighted by atomic mass is 79.9. The summed E-state index contributed by atoms with van der Waals surface area (Å²) in [6.07, 6.45) is 0. The van der Waals surface area contributed by atoms with Gasteiger partial charge in [0, 0.05) is 10.5 Å². The van der Waals surface area contributed by atoms with Gasteiger partial charge in [0.05, 0.1) is 0 Å². The van der Waals surface area contributed by atoms with Crippen LogP contribution in [0.1, 0.15) is 37.9 Å². The minimum Gasteiger partial charge on any atom is -0.310 e. The van der Waals surface area contributed by atoms with Gasteiger partial charge in [0.25, 0.3) is 0 Å². The van der Waals surface area contributed by atoms with Gasteiger partial charge in [-0.1, -0.05) is 48.8 Å². The maximum atomic E-state index is 3.65. The van der Waals surface area contributed by atoms with E-state index in [4.69, 9.17) is 0 Å². The monoisotopic (exact) mass is 269 g/mol. The van der Waals surface area contributed by atoms with E-state index in [0.717, 1.165) is 6.54 Å². The largest absolute Gasteiger partial charge is 0.310 e. The summed E-state index contributed by atoms with van der Waals surface area (Å²) in [5.41, 5.74) is 2.65. The maximum absolute atomic E-state index is 3.65. The number of halogens is 1. The summed E-state index contributed by atoms with van der Waals surface area (Å²) >= 11 is 3.65. The minimum absolute atomic E-state index is 0.435. The first kappa shape index (κ1) is 12.7. The van der Waals surface area contributed by atoms with E-state index < -0.39 is 0 Å². The van der Waals surface area contributed by atoms with Crippen LogP contribution in [-0.2, 0) is 0 Å². The van der Waals surface area contributed by atoms with Crippen LogP contribution in [-0.4, -0.2) is 6.54 Å². The van der Waals surface area contributed by atoms with Crippen LogP contribution >= 0.6 is 15.9 Å². The van der Waals surface area contributed by atoms with Crippen LogP contribution < -0.4 is 5.32 Å². The molecule has 0 radical (unpaired) electrons. The highest BCUT2D eigenvalue weighted by molar-refractivity contribution is 9.10. The summed E-state index contributed by atoms with van der Waals surface area (Å²) in [7, 11) is 0. The molecular weight excluding hydrogens is 250 g/mol. The molecular formula is C13H20BrN. The van der Waals surface area contributed by atoms with Gasteiger partial charge in [-0.3, -0.25) is 0 Å². The molecule has 0 heterocycles. The zero-order valence-corrected chi connectivity index (χ0v) is 11.6. The predicted molar refractivity (Wildman–Crippen MR) is 70.1 cm³/mol. The summed E-state index contributed by atoms with van der Waals surface area (Å²) in [5.74, 6) is 0.601. The van der Waals surface area contributed by atoms with Crippen LogP contribution in [0.25, 0.3) is 0 Å². The standard InChI is InChI=1S/C13H20BrN/c1-5-15-13(9(2)3)11-7-6-10(4)8-12(11)14/h6-9,13,15H,5H2,1-4H3. The van der Waals surface area contributed by atoms with Crippen molar-refractivity contribution >= 4 is 15.9 Å². The molecule has 1 atom stereocenters. The molecule has 0 aliphatic heterocycles. The number of nitrogens with one attached hydrogen (secondary N) is 1. The number of rotatable bonds is 4. The van der Waals surface area contributed by atoms with Crippen molar-refractivity contribution in [1.29, 1.82) is 0 Å². The quantitative estimate of drug-likeness (QED) is 0.869. The molecule has 0 saturated carbocycles. The van der Waals surface area contributed by atoms with Crippen LogP contribution in [0.3, 0.4) is 0 Å². The van der Waals surface area contributed by atoms with Gasteiger partial charge in [0.15, 0.2) is 0 Å². The maximum Gasteiger partial charge on any atom is 0.0354 e. The lowest BCUT2D eigenvalue weighted by Gasteiger charge is -2.23. The summed E-state index contributed by atoms with van der Waals surface area (Å²) in [4.78, 5) is 0. The summed E-state index contributed by atoms with van der Waals surface area (Å²) < 4.78 is 1.21. The van der Waals surface area contributed by atoms with Gasteiger partial charge in [0.2, 0.25) is 0 Å². The number of aryl methyl sites for hydroxylation is 1. The minimum atomic E-state index is 0.435. The van der Waals surface area contributed by atoms with E-state index in [0.29, 0.717) is 12.0 Å². The molecule has 0 fully saturated rings. The SMILES string of the molecule is CCNC(c1ccc(C)cc1Br)C(C)C. The Balaban J connectivity index is 3.00. The number of benzene rings is 1. The highest BCUT2D eigenvalue weighted by Gasteiger charge is 2.16. The van der Waals surface area contributed by atoms with Crippen LogP contribution in [0, 0.1) is 12.8 Å². The smallest absolute Gasteiger partial charge is 0.0354 e. The van der Waals surface area contributed by atoms with Gasteiger partial charge in [-0.05, 0) is 36.6 Å². The molecule has 84 valence electrons. The van der Waals surface area contributed by atoms with Crippen LogP contribution in [0.2, 0.25) is 0 Å². The summed E-state index contributed by atoms with van der Waals surface area (Å²) in [5, 5.41) is 3.53. The molecule has 0 aliphatic carbocycles. The molecule has 1 aromatic carbocycles. The molecule has 0 spiro atoms. The van der Waals surface area contributed by atoms with Crippen molar-refractivity contribution < 1.29 is 0 Å². The van der Waals surface area contributed by atoms with E-state index in [1.165, 1.54) is 15.6 Å². The Hall–Kier alpha value is -0.340. The molecule has 0 amide bonds. The van der Waals surface area contributed by atoms with Gasteiger partial charge >= 0.3 is 0 Å². The van der Waals surface area contributed by atoms with Crippen molar-refractivity contribution in [1.82, 2.24) is 5.32 Å². The highest BCUT2D eigenvalue weighted by Crippen LogP contribution is 2.29. The lowest BCUT2D eigenvalue weighted by atomic mass is 9.95. The summed E-state index contributed by atoms with van der Waals surface area (Å²) in [6, 6.07) is 7.01. The van der Waals surface area contributed by atoms with Gasteiger partial charge in [0.1, 0.15) is 0 Å². The van der Waals surface area contributed by atoms with Gasteiger partial charge in [-0.2, -0.15) is 0 Å². The van der Waals surface area contributed by atoms with Crippen molar-refractivity contribution in [2.24, 2.45) is 5.92 Å². The van der Waals surface area contributed by atoms with Crippen molar-refractivity contribution in [2.45, 2.75) is 33.7 Å². The van der Waals surface area contributed by atoms with Gasteiger partial charge in [-0.15, -0.1) is 0 Å². The zero-order valence-electron chi connectivity index (χ0n) is 9.97. The lowest BCUT2D eigenvalue weighted by molar-refractivity contribution is 0.420. The van der Waals surface area contributed by atoms with Crippen molar-refractivity contribution in [2.75, 3.05) is 6.54 Å². The Kier molecular flexibility index (Phi) is 4.81. The van der Waals surface area contributed by atoms with Crippen LogP contribution in [0.5, 0.6) is 0 Å². The van der Waals surface area contributed by atoms with Crippen molar-refractivity contribution in [3.05, 3.63) is 33.8 Å². The van der Waals surface area contributed by atoms with Crippen molar-refractivity contribution in [3.8, 4) is 0 Å². The molecule has 1 N–H and O–H groups in total. The van der Waals surface area contributed by atoms with E-state index in [-0.39, 0.29) is 0 Å². The molecule has 0 aliphatic rings. The second-order valence-corrected chi connectivity index (χ2v) is 5.16. The third-order valence-corrected chi connectivity index (χ3v) is 3.27. The lowest BCUT2D eigenvalue weighted by Crippen LogP contribution is -2.25. The number of hydrogen-bond donors (Lipinski definition) is 1. The van der Waals surface area contributed by atoms with Gasteiger partial charge in [-0.25, -0.2) is 0 Å². The topological polar surface area (TPSA) is 12.0 Å². The van der Waals surface area contributed by atoms with Gasteiger partial charge < -0.3 is 5.32 Å². The fourth-order valence-corrected chi connectivity index (χ4v) is 2.55.